The number of pyridine rings is 1. The largest absolute Gasteiger partial charge is 0.390 e. The lowest BCUT2D eigenvalue weighted by atomic mass is 10.0. The summed E-state index contributed by atoms with van der Waals surface area (Å²) < 4.78 is 29.9. The summed E-state index contributed by atoms with van der Waals surface area (Å²) in [6.45, 7) is -0.677. The van der Waals surface area contributed by atoms with Gasteiger partial charge in [0.15, 0.2) is 0 Å². The number of halogens is 3. The standard InChI is InChI=1S/C22H21BrF2N6O2/c23-13-6-11-3-1-10(5-14(11)30-19(13)26)2-4-12-7-15(18(33)17(12)32)31-8-22(24,25)16-20(27)28-9-29-21(16)31/h1-6,9,12,15,17-18,32-33H,7-8H2,(H2,26,30)(H2,27,28,29)/b4-2+/t12-,15+,17+,18-/m0/s1. The summed E-state index contributed by atoms with van der Waals surface area (Å²) in [6, 6.07) is 6.80. The minimum atomic E-state index is -3.24. The number of anilines is 3. The summed E-state index contributed by atoms with van der Waals surface area (Å²) in [7, 11) is 0. The quantitative estimate of drug-likeness (QED) is 0.415. The van der Waals surface area contributed by atoms with Gasteiger partial charge in [-0.05, 0) is 40.0 Å². The minimum Gasteiger partial charge on any atom is -0.390 e. The molecule has 1 aliphatic carbocycles. The van der Waals surface area contributed by atoms with E-state index >= 15 is 0 Å². The van der Waals surface area contributed by atoms with E-state index in [4.69, 9.17) is 11.5 Å². The zero-order chi connectivity index (χ0) is 23.5. The van der Waals surface area contributed by atoms with Crippen LogP contribution in [-0.4, -0.2) is 50.0 Å². The second-order valence-electron chi connectivity index (χ2n) is 8.40. The first kappa shape index (κ1) is 21.9. The molecule has 0 bridgehead atoms. The van der Waals surface area contributed by atoms with Crippen molar-refractivity contribution in [1.82, 2.24) is 15.0 Å². The van der Waals surface area contributed by atoms with Gasteiger partial charge in [0.1, 0.15) is 35.4 Å². The molecule has 2 aromatic heterocycles. The van der Waals surface area contributed by atoms with Crippen LogP contribution in [0.4, 0.5) is 26.2 Å². The van der Waals surface area contributed by atoms with Crippen LogP contribution in [0.3, 0.4) is 0 Å². The van der Waals surface area contributed by atoms with E-state index in [9.17, 15) is 19.0 Å². The maximum atomic E-state index is 14.6. The van der Waals surface area contributed by atoms with E-state index in [0.29, 0.717) is 10.3 Å². The zero-order valence-corrected chi connectivity index (χ0v) is 18.8. The van der Waals surface area contributed by atoms with E-state index in [-0.39, 0.29) is 18.1 Å². The highest BCUT2D eigenvalue weighted by Gasteiger charge is 2.53. The number of hydrogen-bond acceptors (Lipinski definition) is 8. The number of nitrogen functional groups attached to an aromatic ring is 2. The molecule has 0 spiro atoms. The number of rotatable bonds is 3. The number of hydrogen-bond donors (Lipinski definition) is 4. The van der Waals surface area contributed by atoms with E-state index < -0.39 is 42.2 Å². The molecule has 172 valence electrons. The van der Waals surface area contributed by atoms with Crippen molar-refractivity contribution in [2.45, 2.75) is 30.6 Å². The van der Waals surface area contributed by atoms with Crippen LogP contribution >= 0.6 is 15.9 Å². The third kappa shape index (κ3) is 3.69. The highest BCUT2D eigenvalue weighted by atomic mass is 79.9. The smallest absolute Gasteiger partial charge is 0.297 e. The molecular formula is C22H21BrF2N6O2. The average Bonchev–Trinajstić information content (AvgIpc) is 3.21. The molecule has 1 saturated carbocycles. The SMILES string of the molecule is Nc1nc2cc(/C=C/[C@H]3C[C@@H](N4CC(F)(F)c5c(N)ncnc54)[C@H](O)[C@@H]3O)ccc2cc1Br. The highest BCUT2D eigenvalue weighted by Crippen LogP contribution is 2.47. The third-order valence-electron chi connectivity index (χ3n) is 6.32. The molecule has 11 heteroatoms. The second kappa shape index (κ2) is 7.86. The van der Waals surface area contributed by atoms with E-state index in [1.165, 1.54) is 4.90 Å². The Morgan fingerprint density at radius 3 is 2.70 bits per heavy atom. The monoisotopic (exact) mass is 518 g/mol. The molecule has 0 saturated heterocycles. The molecule has 0 unspecified atom stereocenters. The molecule has 1 aromatic carbocycles. The summed E-state index contributed by atoms with van der Waals surface area (Å²) in [5.74, 6) is -3.59. The highest BCUT2D eigenvalue weighted by molar-refractivity contribution is 9.10. The number of benzene rings is 1. The molecule has 1 aliphatic heterocycles. The molecule has 33 heavy (non-hydrogen) atoms. The van der Waals surface area contributed by atoms with Crippen molar-refractivity contribution < 1.29 is 19.0 Å². The average molecular weight is 519 g/mol. The van der Waals surface area contributed by atoms with Crippen LogP contribution in [0.15, 0.2) is 41.1 Å². The predicted molar refractivity (Wildman–Crippen MR) is 124 cm³/mol. The first-order valence-electron chi connectivity index (χ1n) is 10.3. The summed E-state index contributed by atoms with van der Waals surface area (Å²) in [5.41, 5.74) is 12.7. The van der Waals surface area contributed by atoms with Crippen molar-refractivity contribution in [2.75, 3.05) is 22.9 Å². The maximum absolute atomic E-state index is 14.6. The molecule has 4 atom stereocenters. The normalized spacial score (nSPS) is 26.4. The Balaban J connectivity index is 1.39. The predicted octanol–water partition coefficient (Wildman–Crippen LogP) is 2.69. The van der Waals surface area contributed by atoms with E-state index in [1.54, 1.807) is 6.08 Å². The van der Waals surface area contributed by atoms with Crippen molar-refractivity contribution in [3.63, 3.8) is 0 Å². The van der Waals surface area contributed by atoms with Crippen LogP contribution in [0, 0.1) is 5.92 Å². The van der Waals surface area contributed by atoms with Crippen molar-refractivity contribution >= 4 is 50.4 Å². The van der Waals surface area contributed by atoms with Crippen molar-refractivity contribution in [3.8, 4) is 0 Å². The van der Waals surface area contributed by atoms with Gasteiger partial charge in [-0.15, -0.1) is 0 Å². The zero-order valence-electron chi connectivity index (χ0n) is 17.2. The second-order valence-corrected chi connectivity index (χ2v) is 9.26. The molecule has 2 aliphatic rings. The summed E-state index contributed by atoms with van der Waals surface area (Å²) in [4.78, 5) is 13.3. The van der Waals surface area contributed by atoms with Crippen molar-refractivity contribution in [3.05, 3.63) is 52.3 Å². The molecule has 3 heterocycles. The Bertz CT molecular complexity index is 1270. The van der Waals surface area contributed by atoms with Crippen molar-refractivity contribution in [2.24, 2.45) is 5.92 Å². The molecule has 0 radical (unpaired) electrons. The fraction of sp³-hybridized carbons (Fsp3) is 0.318. The number of aliphatic hydroxyl groups is 2. The van der Waals surface area contributed by atoms with Gasteiger partial charge >= 0.3 is 0 Å². The van der Waals surface area contributed by atoms with Crippen LogP contribution in [0.5, 0.6) is 0 Å². The van der Waals surface area contributed by atoms with Crippen molar-refractivity contribution in [1.29, 1.82) is 0 Å². The first-order chi connectivity index (χ1) is 15.7. The topological polar surface area (TPSA) is 134 Å². The van der Waals surface area contributed by atoms with Gasteiger partial charge in [-0.1, -0.05) is 24.3 Å². The fourth-order valence-corrected chi connectivity index (χ4v) is 4.99. The summed E-state index contributed by atoms with van der Waals surface area (Å²) in [6.07, 6.45) is 2.64. The number of alkyl halides is 2. The number of aliphatic hydroxyl groups excluding tert-OH is 2. The van der Waals surface area contributed by atoms with Crippen LogP contribution in [0.2, 0.25) is 0 Å². The van der Waals surface area contributed by atoms with E-state index in [2.05, 4.69) is 30.9 Å². The van der Waals surface area contributed by atoms with Crippen LogP contribution in [0.25, 0.3) is 17.0 Å². The Hall–Kier alpha value is -2.89. The Morgan fingerprint density at radius 1 is 1.12 bits per heavy atom. The van der Waals surface area contributed by atoms with Crippen LogP contribution in [0.1, 0.15) is 17.5 Å². The van der Waals surface area contributed by atoms with Gasteiger partial charge in [0, 0.05) is 11.3 Å². The number of nitrogens with zero attached hydrogens (tertiary/aromatic N) is 4. The molecule has 0 amide bonds. The Labute approximate surface area is 196 Å². The minimum absolute atomic E-state index is 0.00210. The number of nitrogens with two attached hydrogens (primary N) is 2. The maximum Gasteiger partial charge on any atom is 0.297 e. The van der Waals surface area contributed by atoms with Gasteiger partial charge in [-0.3, -0.25) is 0 Å². The third-order valence-corrected chi connectivity index (χ3v) is 6.95. The fourth-order valence-electron chi connectivity index (χ4n) is 4.65. The summed E-state index contributed by atoms with van der Waals surface area (Å²) in [5, 5.41) is 22.2. The Morgan fingerprint density at radius 2 is 1.91 bits per heavy atom. The van der Waals surface area contributed by atoms with Gasteiger partial charge in [0.05, 0.1) is 28.7 Å². The van der Waals surface area contributed by atoms with Gasteiger partial charge < -0.3 is 26.6 Å². The van der Waals surface area contributed by atoms with E-state index in [0.717, 1.165) is 22.8 Å². The van der Waals surface area contributed by atoms with Gasteiger partial charge in [0.2, 0.25) is 0 Å². The van der Waals surface area contributed by atoms with Crippen LogP contribution < -0.4 is 16.4 Å². The molecule has 6 N–H and O–H groups in total. The molecular weight excluding hydrogens is 498 g/mol. The molecule has 3 aromatic rings. The molecule has 5 rings (SSSR count). The Kier molecular flexibility index (Phi) is 5.22. The number of aromatic nitrogens is 3. The summed E-state index contributed by atoms with van der Waals surface area (Å²) >= 11 is 3.36. The lowest BCUT2D eigenvalue weighted by molar-refractivity contribution is 0.00353. The van der Waals surface area contributed by atoms with Gasteiger partial charge in [-0.25, -0.2) is 15.0 Å². The first-order valence-corrected chi connectivity index (χ1v) is 11.1. The lowest BCUT2D eigenvalue weighted by Crippen LogP contribution is -2.44. The molecule has 1 fully saturated rings. The van der Waals surface area contributed by atoms with E-state index in [1.807, 2.05) is 30.3 Å². The molecule has 8 nitrogen and oxygen atoms in total. The number of fused-ring (bicyclic) bond motifs is 2. The lowest BCUT2D eigenvalue weighted by Gasteiger charge is -2.28. The van der Waals surface area contributed by atoms with Crippen LogP contribution in [-0.2, 0) is 5.92 Å². The van der Waals surface area contributed by atoms with Gasteiger partial charge in [-0.2, -0.15) is 8.78 Å². The van der Waals surface area contributed by atoms with Gasteiger partial charge in [0.25, 0.3) is 5.92 Å².